The van der Waals surface area contributed by atoms with Crippen molar-refractivity contribution < 1.29 is 9.90 Å². The van der Waals surface area contributed by atoms with E-state index < -0.39 is 5.97 Å². The van der Waals surface area contributed by atoms with Crippen LogP contribution in [-0.4, -0.2) is 29.1 Å². The molecule has 0 radical (unpaired) electrons. The predicted molar refractivity (Wildman–Crippen MR) is 71.3 cm³/mol. The molecule has 0 fully saturated rings. The highest BCUT2D eigenvalue weighted by Crippen LogP contribution is 2.04. The molecule has 0 saturated carbocycles. The quantitative estimate of drug-likeness (QED) is 0.572. The van der Waals surface area contributed by atoms with E-state index in [-0.39, 0.29) is 0 Å². The molecule has 2 N–H and O–H groups in total. The molecule has 1 rings (SSSR count). The van der Waals surface area contributed by atoms with Gasteiger partial charge in [-0.1, -0.05) is 18.1 Å². The molecule has 0 heterocycles. The van der Waals surface area contributed by atoms with Crippen molar-refractivity contribution in [2.75, 3.05) is 18.1 Å². The van der Waals surface area contributed by atoms with Gasteiger partial charge in [0.05, 0.1) is 11.3 Å². The molecule has 1 aromatic carbocycles. The van der Waals surface area contributed by atoms with Crippen LogP contribution in [0, 0.1) is 12.3 Å². The molecule has 3 nitrogen and oxygen atoms in total. The van der Waals surface area contributed by atoms with E-state index in [1.165, 1.54) is 0 Å². The zero-order valence-electron chi connectivity index (χ0n) is 9.48. The van der Waals surface area contributed by atoms with E-state index in [2.05, 4.69) is 11.2 Å². The minimum absolute atomic E-state index is 0.318. The average molecular weight is 249 g/mol. The Morgan fingerprint density at radius 1 is 1.41 bits per heavy atom. The number of benzene rings is 1. The van der Waals surface area contributed by atoms with Gasteiger partial charge in [0.15, 0.2) is 0 Å². The van der Waals surface area contributed by atoms with Crippen molar-refractivity contribution in [3.63, 3.8) is 0 Å². The Kier molecular flexibility index (Phi) is 6.23. The Bertz CT molecular complexity index is 395. The van der Waals surface area contributed by atoms with Crippen LogP contribution in [0.4, 0.5) is 0 Å². The molecule has 17 heavy (non-hydrogen) atoms. The third-order valence-corrected chi connectivity index (χ3v) is 3.00. The molecular weight excluding hydrogens is 234 g/mol. The highest BCUT2D eigenvalue weighted by atomic mass is 32.2. The summed E-state index contributed by atoms with van der Waals surface area (Å²) in [4.78, 5) is 10.6. The van der Waals surface area contributed by atoms with Gasteiger partial charge in [0.1, 0.15) is 0 Å². The number of thioether (sulfide) groups is 1. The Hall–Kier alpha value is -1.44. The Morgan fingerprint density at radius 3 is 2.71 bits per heavy atom. The maximum absolute atomic E-state index is 10.6. The minimum atomic E-state index is -0.893. The molecule has 0 aromatic heterocycles. The molecule has 0 bridgehead atoms. The first-order chi connectivity index (χ1) is 8.24. The third-order valence-electron chi connectivity index (χ3n) is 2.14. The van der Waals surface area contributed by atoms with E-state index in [0.29, 0.717) is 5.56 Å². The summed E-state index contributed by atoms with van der Waals surface area (Å²) in [6.45, 7) is 1.64. The van der Waals surface area contributed by atoms with E-state index in [9.17, 15) is 4.79 Å². The lowest BCUT2D eigenvalue weighted by atomic mass is 10.1. The summed E-state index contributed by atoms with van der Waals surface area (Å²) in [5.41, 5.74) is 1.40. The van der Waals surface area contributed by atoms with Crippen LogP contribution >= 0.6 is 11.8 Å². The predicted octanol–water partition coefficient (Wildman–Crippen LogP) is 1.84. The summed E-state index contributed by atoms with van der Waals surface area (Å²) in [5, 5.41) is 12.0. The third kappa shape index (κ3) is 5.43. The van der Waals surface area contributed by atoms with E-state index in [1.54, 1.807) is 23.9 Å². The smallest absolute Gasteiger partial charge is 0.335 e. The summed E-state index contributed by atoms with van der Waals surface area (Å²) in [6.07, 6.45) is 5.13. The van der Waals surface area contributed by atoms with Crippen LogP contribution < -0.4 is 5.32 Å². The number of carboxylic acids is 1. The van der Waals surface area contributed by atoms with Crippen molar-refractivity contribution in [1.29, 1.82) is 0 Å². The second kappa shape index (κ2) is 7.77. The summed E-state index contributed by atoms with van der Waals surface area (Å²) in [7, 11) is 0. The van der Waals surface area contributed by atoms with Gasteiger partial charge in [-0.25, -0.2) is 4.79 Å². The first-order valence-corrected chi connectivity index (χ1v) is 6.43. The van der Waals surface area contributed by atoms with E-state index in [0.717, 1.165) is 30.2 Å². The van der Waals surface area contributed by atoms with Crippen molar-refractivity contribution in [3.05, 3.63) is 35.4 Å². The molecule has 0 unspecified atom stereocenters. The number of carboxylic acid groups (broad SMARTS) is 1. The molecule has 4 heteroatoms. The zero-order chi connectivity index (χ0) is 12.5. The van der Waals surface area contributed by atoms with Gasteiger partial charge in [0.25, 0.3) is 0 Å². The SMILES string of the molecule is C#CCSCCNCc1ccc(C(=O)O)cc1. The van der Waals surface area contributed by atoms with Crippen LogP contribution in [0.2, 0.25) is 0 Å². The lowest BCUT2D eigenvalue weighted by Crippen LogP contribution is -2.16. The Balaban J connectivity index is 2.23. The van der Waals surface area contributed by atoms with Crippen molar-refractivity contribution in [2.45, 2.75) is 6.54 Å². The normalized spacial score (nSPS) is 9.82. The first kappa shape index (κ1) is 13.6. The van der Waals surface area contributed by atoms with E-state index in [4.69, 9.17) is 11.5 Å². The highest BCUT2D eigenvalue weighted by molar-refractivity contribution is 7.99. The Morgan fingerprint density at radius 2 is 2.12 bits per heavy atom. The van der Waals surface area contributed by atoms with Gasteiger partial charge in [0, 0.05) is 18.8 Å². The van der Waals surface area contributed by atoms with Crippen LogP contribution in [0.3, 0.4) is 0 Å². The van der Waals surface area contributed by atoms with Gasteiger partial charge in [0.2, 0.25) is 0 Å². The van der Waals surface area contributed by atoms with Gasteiger partial charge >= 0.3 is 5.97 Å². The molecular formula is C13H15NO2S. The van der Waals surface area contributed by atoms with E-state index >= 15 is 0 Å². The lowest BCUT2D eigenvalue weighted by Gasteiger charge is -2.04. The van der Waals surface area contributed by atoms with Crippen LogP contribution in [0.1, 0.15) is 15.9 Å². The second-order valence-corrected chi connectivity index (χ2v) is 4.54. The molecule has 0 amide bonds. The number of rotatable bonds is 7. The minimum Gasteiger partial charge on any atom is -0.478 e. The maximum Gasteiger partial charge on any atom is 0.335 e. The van der Waals surface area contributed by atoms with Gasteiger partial charge in [-0.15, -0.1) is 18.2 Å². The molecule has 0 aliphatic carbocycles. The van der Waals surface area contributed by atoms with Gasteiger partial charge < -0.3 is 10.4 Å². The Labute approximate surface area is 106 Å². The molecule has 0 aliphatic heterocycles. The fourth-order valence-electron chi connectivity index (χ4n) is 1.27. The average Bonchev–Trinajstić information content (AvgIpc) is 2.34. The molecule has 0 saturated heterocycles. The zero-order valence-corrected chi connectivity index (χ0v) is 10.3. The molecule has 0 aliphatic rings. The maximum atomic E-state index is 10.6. The van der Waals surface area contributed by atoms with Crippen molar-refractivity contribution in [3.8, 4) is 12.3 Å². The monoisotopic (exact) mass is 249 g/mol. The van der Waals surface area contributed by atoms with Crippen molar-refractivity contribution >= 4 is 17.7 Å². The van der Waals surface area contributed by atoms with E-state index in [1.807, 2.05) is 12.1 Å². The summed E-state index contributed by atoms with van der Waals surface area (Å²) in [5.74, 6) is 3.41. The lowest BCUT2D eigenvalue weighted by molar-refractivity contribution is 0.0697. The molecule has 1 aromatic rings. The molecule has 0 spiro atoms. The summed E-state index contributed by atoms with van der Waals surface area (Å²) >= 11 is 1.72. The highest BCUT2D eigenvalue weighted by Gasteiger charge is 2.00. The largest absolute Gasteiger partial charge is 0.478 e. The van der Waals surface area contributed by atoms with Crippen molar-refractivity contribution in [2.24, 2.45) is 0 Å². The number of terminal acetylenes is 1. The topological polar surface area (TPSA) is 49.3 Å². The van der Waals surface area contributed by atoms with Crippen LogP contribution in [0.15, 0.2) is 24.3 Å². The molecule has 90 valence electrons. The number of nitrogens with one attached hydrogen (secondary N) is 1. The molecule has 0 atom stereocenters. The summed E-state index contributed by atoms with van der Waals surface area (Å²) in [6, 6.07) is 6.88. The van der Waals surface area contributed by atoms with Crippen LogP contribution in [-0.2, 0) is 6.54 Å². The van der Waals surface area contributed by atoms with Gasteiger partial charge in [-0.05, 0) is 17.7 Å². The van der Waals surface area contributed by atoms with Crippen molar-refractivity contribution in [1.82, 2.24) is 5.32 Å². The fraction of sp³-hybridized carbons (Fsp3) is 0.308. The second-order valence-electron chi connectivity index (χ2n) is 3.44. The van der Waals surface area contributed by atoms with Gasteiger partial charge in [-0.3, -0.25) is 0 Å². The number of hydrogen-bond donors (Lipinski definition) is 2. The van der Waals surface area contributed by atoms with Gasteiger partial charge in [-0.2, -0.15) is 0 Å². The number of hydrogen-bond acceptors (Lipinski definition) is 3. The van der Waals surface area contributed by atoms with Crippen LogP contribution in [0.5, 0.6) is 0 Å². The summed E-state index contributed by atoms with van der Waals surface area (Å²) < 4.78 is 0. The standard InChI is InChI=1S/C13H15NO2S/c1-2-8-17-9-7-14-10-11-3-5-12(6-4-11)13(15)16/h1,3-6,14H,7-10H2,(H,15,16). The van der Waals surface area contributed by atoms with Crippen LogP contribution in [0.25, 0.3) is 0 Å². The number of carbonyl (C=O) groups is 1. The number of aromatic carboxylic acids is 1. The first-order valence-electron chi connectivity index (χ1n) is 5.28. The fourth-order valence-corrected chi connectivity index (χ4v) is 1.82.